The van der Waals surface area contributed by atoms with Gasteiger partial charge in [-0.2, -0.15) is 0 Å². The van der Waals surface area contributed by atoms with Gasteiger partial charge in [0.15, 0.2) is 0 Å². The van der Waals surface area contributed by atoms with Crippen molar-refractivity contribution < 1.29 is 4.92 Å². The van der Waals surface area contributed by atoms with Crippen molar-refractivity contribution in [1.82, 2.24) is 10.2 Å². The number of rotatable bonds is 5. The molecule has 0 amide bonds. The number of nitro groups is 1. The molecule has 1 aromatic rings. The molecule has 0 unspecified atom stereocenters. The zero-order chi connectivity index (χ0) is 13.0. The van der Waals surface area contributed by atoms with Crippen LogP contribution < -0.4 is 5.32 Å². The number of nitrogens with one attached hydrogen (secondary N) is 1. The highest BCUT2D eigenvalue weighted by atomic mass is 35.5. The third-order valence-corrected chi connectivity index (χ3v) is 4.24. The highest BCUT2D eigenvalue weighted by Gasteiger charge is 2.24. The first-order chi connectivity index (χ1) is 8.72. The molecule has 2 rings (SSSR count). The minimum Gasteiger partial charge on any atom is -0.314 e. The van der Waals surface area contributed by atoms with Gasteiger partial charge in [0.1, 0.15) is 0 Å². The second-order valence-electron chi connectivity index (χ2n) is 4.26. The molecule has 0 aromatic carbocycles. The van der Waals surface area contributed by atoms with Crippen molar-refractivity contribution in [2.75, 3.05) is 26.2 Å². The summed E-state index contributed by atoms with van der Waals surface area (Å²) in [4.78, 5) is 13.8. The Kier molecular flexibility index (Phi) is 9.00. The van der Waals surface area contributed by atoms with Crippen LogP contribution in [0.3, 0.4) is 0 Å². The number of hydrogen-bond donors (Lipinski definition) is 1. The van der Waals surface area contributed by atoms with E-state index in [1.54, 1.807) is 6.07 Å². The van der Waals surface area contributed by atoms with E-state index in [4.69, 9.17) is 0 Å². The summed E-state index contributed by atoms with van der Waals surface area (Å²) in [6.45, 7) is 7.69. The van der Waals surface area contributed by atoms with Crippen LogP contribution >= 0.6 is 36.2 Å². The normalized spacial score (nSPS) is 16.6. The standard InChI is InChI=1S/C12H17N3O2S.2ClH/c1-2-3-10(14-8-6-13-7-9-14)11-4-5-12(18-11)15(16)17;;/h2,4-5,10,13H,1,3,6-9H2;2*1H/t10-;;/m1../s1. The summed E-state index contributed by atoms with van der Waals surface area (Å²) < 4.78 is 0. The van der Waals surface area contributed by atoms with Gasteiger partial charge in [0, 0.05) is 43.2 Å². The van der Waals surface area contributed by atoms with E-state index >= 15 is 0 Å². The Hall–Kier alpha value is -0.660. The van der Waals surface area contributed by atoms with Crippen LogP contribution in [0, 0.1) is 10.1 Å². The Bertz CT molecular complexity index is 436. The van der Waals surface area contributed by atoms with Gasteiger partial charge >= 0.3 is 5.00 Å². The highest BCUT2D eigenvalue weighted by molar-refractivity contribution is 7.15. The van der Waals surface area contributed by atoms with Gasteiger partial charge in [-0.15, -0.1) is 31.4 Å². The summed E-state index contributed by atoms with van der Waals surface area (Å²) in [5.74, 6) is 0. The first kappa shape index (κ1) is 19.3. The van der Waals surface area contributed by atoms with Crippen LogP contribution in [-0.2, 0) is 0 Å². The molecule has 1 fully saturated rings. The second kappa shape index (κ2) is 9.31. The lowest BCUT2D eigenvalue weighted by Crippen LogP contribution is -2.44. The van der Waals surface area contributed by atoms with E-state index in [-0.39, 0.29) is 40.8 Å². The van der Waals surface area contributed by atoms with E-state index in [9.17, 15) is 10.1 Å². The molecule has 1 aromatic heterocycles. The fraction of sp³-hybridized carbons (Fsp3) is 0.500. The molecule has 1 saturated heterocycles. The summed E-state index contributed by atoms with van der Waals surface area (Å²) in [6.07, 6.45) is 2.72. The van der Waals surface area contributed by atoms with Crippen molar-refractivity contribution in [2.45, 2.75) is 12.5 Å². The molecule has 114 valence electrons. The summed E-state index contributed by atoms with van der Waals surface area (Å²) in [5, 5.41) is 14.3. The lowest BCUT2D eigenvalue weighted by Gasteiger charge is -2.33. The van der Waals surface area contributed by atoms with E-state index in [1.807, 2.05) is 12.1 Å². The second-order valence-corrected chi connectivity index (χ2v) is 5.35. The van der Waals surface area contributed by atoms with E-state index in [2.05, 4.69) is 16.8 Å². The predicted molar refractivity (Wildman–Crippen MR) is 87.5 cm³/mol. The van der Waals surface area contributed by atoms with Crippen LogP contribution in [0.15, 0.2) is 24.8 Å². The summed E-state index contributed by atoms with van der Waals surface area (Å²) in [5.41, 5.74) is 0. The maximum absolute atomic E-state index is 10.7. The van der Waals surface area contributed by atoms with E-state index < -0.39 is 0 Å². The fourth-order valence-corrected chi connectivity index (χ4v) is 3.19. The molecule has 1 atom stereocenters. The number of halogens is 2. The summed E-state index contributed by atoms with van der Waals surface area (Å²) in [6, 6.07) is 3.69. The topological polar surface area (TPSA) is 58.4 Å². The molecule has 0 radical (unpaired) electrons. The van der Waals surface area contributed by atoms with Crippen molar-refractivity contribution in [2.24, 2.45) is 0 Å². The van der Waals surface area contributed by atoms with E-state index in [0.29, 0.717) is 0 Å². The van der Waals surface area contributed by atoms with Crippen LogP contribution in [0.1, 0.15) is 17.3 Å². The molecule has 1 N–H and O–H groups in total. The van der Waals surface area contributed by atoms with Gasteiger partial charge < -0.3 is 5.32 Å². The van der Waals surface area contributed by atoms with Crippen LogP contribution in [0.25, 0.3) is 0 Å². The van der Waals surface area contributed by atoms with Crippen LogP contribution in [0.2, 0.25) is 0 Å². The van der Waals surface area contributed by atoms with Gasteiger partial charge in [-0.05, 0) is 12.5 Å². The van der Waals surface area contributed by atoms with Crippen molar-refractivity contribution in [3.05, 3.63) is 39.8 Å². The molecular formula is C12H19Cl2N3O2S. The molecule has 0 saturated carbocycles. The van der Waals surface area contributed by atoms with E-state index in [1.165, 1.54) is 11.3 Å². The largest absolute Gasteiger partial charge is 0.324 e. The SMILES string of the molecule is C=CC[C@H](c1ccc([N+](=O)[O-])s1)N1CCNCC1.Cl.Cl. The van der Waals surface area contributed by atoms with Crippen LogP contribution in [0.5, 0.6) is 0 Å². The highest BCUT2D eigenvalue weighted by Crippen LogP contribution is 2.34. The van der Waals surface area contributed by atoms with Crippen molar-refractivity contribution in [3.8, 4) is 0 Å². The number of hydrogen-bond acceptors (Lipinski definition) is 5. The smallest absolute Gasteiger partial charge is 0.314 e. The lowest BCUT2D eigenvalue weighted by molar-refractivity contribution is -0.380. The minimum atomic E-state index is -0.323. The quantitative estimate of drug-likeness (QED) is 0.509. The van der Waals surface area contributed by atoms with Crippen molar-refractivity contribution in [3.63, 3.8) is 0 Å². The van der Waals surface area contributed by atoms with Crippen molar-refractivity contribution in [1.29, 1.82) is 0 Å². The molecule has 0 bridgehead atoms. The molecule has 8 heteroatoms. The Labute approximate surface area is 135 Å². The maximum Gasteiger partial charge on any atom is 0.324 e. The van der Waals surface area contributed by atoms with Gasteiger partial charge in [0.2, 0.25) is 0 Å². The number of thiophene rings is 1. The Morgan fingerprint density at radius 3 is 2.60 bits per heavy atom. The van der Waals surface area contributed by atoms with Gasteiger partial charge in [0.25, 0.3) is 0 Å². The molecule has 2 heterocycles. The third kappa shape index (κ3) is 4.71. The molecule has 0 aliphatic carbocycles. The molecule has 0 spiro atoms. The number of piperazine rings is 1. The average molecular weight is 340 g/mol. The first-order valence-corrected chi connectivity index (χ1v) is 6.84. The van der Waals surface area contributed by atoms with Gasteiger partial charge in [-0.25, -0.2) is 0 Å². The van der Waals surface area contributed by atoms with Gasteiger partial charge in [-0.3, -0.25) is 15.0 Å². The zero-order valence-electron chi connectivity index (χ0n) is 11.0. The predicted octanol–water partition coefficient (Wildman–Crippen LogP) is 3.02. The van der Waals surface area contributed by atoms with Crippen molar-refractivity contribution >= 4 is 41.2 Å². The molecule has 20 heavy (non-hydrogen) atoms. The first-order valence-electron chi connectivity index (χ1n) is 6.02. The van der Waals surface area contributed by atoms with Gasteiger partial charge in [-0.1, -0.05) is 17.4 Å². The Balaban J connectivity index is 0.00000180. The Morgan fingerprint density at radius 2 is 2.10 bits per heavy atom. The average Bonchev–Trinajstić information content (AvgIpc) is 2.86. The molecule has 1 aliphatic heterocycles. The van der Waals surface area contributed by atoms with Gasteiger partial charge in [0.05, 0.1) is 4.92 Å². The third-order valence-electron chi connectivity index (χ3n) is 3.10. The van der Waals surface area contributed by atoms with Crippen LogP contribution in [0.4, 0.5) is 5.00 Å². The number of nitrogens with zero attached hydrogens (tertiary/aromatic N) is 2. The molecular weight excluding hydrogens is 321 g/mol. The molecule has 5 nitrogen and oxygen atoms in total. The summed E-state index contributed by atoms with van der Waals surface area (Å²) in [7, 11) is 0. The zero-order valence-corrected chi connectivity index (χ0v) is 13.4. The maximum atomic E-state index is 10.7. The minimum absolute atomic E-state index is 0. The lowest BCUT2D eigenvalue weighted by atomic mass is 10.1. The Morgan fingerprint density at radius 1 is 1.45 bits per heavy atom. The fourth-order valence-electron chi connectivity index (χ4n) is 2.22. The monoisotopic (exact) mass is 339 g/mol. The summed E-state index contributed by atoms with van der Waals surface area (Å²) >= 11 is 1.27. The van der Waals surface area contributed by atoms with Crippen LogP contribution in [-0.4, -0.2) is 36.0 Å². The molecule has 1 aliphatic rings. The van der Waals surface area contributed by atoms with E-state index in [0.717, 1.165) is 37.5 Å².